The molecule has 2 saturated carbocycles. The fourth-order valence-corrected chi connectivity index (χ4v) is 4.60. The van der Waals surface area contributed by atoms with E-state index in [-0.39, 0.29) is 18.2 Å². The van der Waals surface area contributed by atoms with Crippen LogP contribution in [-0.4, -0.2) is 51.0 Å². The summed E-state index contributed by atoms with van der Waals surface area (Å²) in [4.78, 5) is 49.8. The molecule has 166 valence electrons. The van der Waals surface area contributed by atoms with E-state index >= 15 is 0 Å². The number of hydrogen-bond donors (Lipinski definition) is 3. The van der Waals surface area contributed by atoms with Crippen LogP contribution in [0.15, 0.2) is 9.59 Å². The van der Waals surface area contributed by atoms with Crippen LogP contribution in [-0.2, 0) is 9.53 Å². The van der Waals surface area contributed by atoms with Crippen LogP contribution < -0.4 is 16.6 Å². The van der Waals surface area contributed by atoms with Gasteiger partial charge in [0, 0.05) is 19.2 Å². The zero-order chi connectivity index (χ0) is 21.8. The molecular formula is C20H29N3O7. The van der Waals surface area contributed by atoms with Crippen LogP contribution in [0.5, 0.6) is 5.88 Å². The maximum atomic E-state index is 13.3. The number of carbonyl (C=O) groups excluding carboxylic acids is 1. The maximum absolute atomic E-state index is 13.3. The molecule has 1 aromatic rings. The molecule has 10 heteroatoms. The zero-order valence-corrected chi connectivity index (χ0v) is 17.1. The summed E-state index contributed by atoms with van der Waals surface area (Å²) in [6, 6.07) is -0.711. The third kappa shape index (κ3) is 4.43. The highest BCUT2D eigenvalue weighted by atomic mass is 16.5. The lowest BCUT2D eigenvalue weighted by Gasteiger charge is -2.31. The highest BCUT2D eigenvalue weighted by Gasteiger charge is 2.32. The van der Waals surface area contributed by atoms with Crippen molar-refractivity contribution < 1.29 is 24.5 Å². The Kier molecular flexibility index (Phi) is 6.96. The van der Waals surface area contributed by atoms with Gasteiger partial charge >= 0.3 is 11.7 Å². The minimum absolute atomic E-state index is 0.0710. The Bertz CT molecular complexity index is 906. The Morgan fingerprint density at radius 3 is 2.17 bits per heavy atom. The van der Waals surface area contributed by atoms with E-state index in [2.05, 4.69) is 5.32 Å². The number of rotatable bonds is 6. The molecule has 3 rings (SSSR count). The minimum atomic E-state index is -1.28. The van der Waals surface area contributed by atoms with E-state index in [0.29, 0.717) is 38.5 Å². The lowest BCUT2D eigenvalue weighted by Crippen LogP contribution is -2.48. The first-order valence-electron chi connectivity index (χ1n) is 10.5. The average molecular weight is 423 g/mol. The average Bonchev–Trinajstić information content (AvgIpc) is 2.73. The summed E-state index contributed by atoms with van der Waals surface area (Å²) in [5.41, 5.74) is -2.05. The summed E-state index contributed by atoms with van der Waals surface area (Å²) < 4.78 is 7.61. The number of nitrogens with zero attached hydrogens (tertiary/aromatic N) is 2. The summed E-state index contributed by atoms with van der Waals surface area (Å²) >= 11 is 0. The van der Waals surface area contributed by atoms with Crippen LogP contribution in [0, 0.1) is 0 Å². The van der Waals surface area contributed by atoms with Gasteiger partial charge in [-0.1, -0.05) is 19.3 Å². The number of amides is 1. The topological polar surface area (TPSA) is 140 Å². The van der Waals surface area contributed by atoms with Gasteiger partial charge in [0.2, 0.25) is 5.88 Å². The van der Waals surface area contributed by atoms with E-state index in [1.165, 1.54) is 0 Å². The van der Waals surface area contributed by atoms with Crippen molar-refractivity contribution in [2.24, 2.45) is 0 Å². The number of aromatic nitrogens is 2. The number of aromatic hydroxyl groups is 1. The highest BCUT2D eigenvalue weighted by Crippen LogP contribution is 2.33. The van der Waals surface area contributed by atoms with Gasteiger partial charge in [-0.05, 0) is 38.5 Å². The third-order valence-corrected chi connectivity index (χ3v) is 6.21. The predicted molar refractivity (Wildman–Crippen MR) is 107 cm³/mol. The van der Waals surface area contributed by atoms with E-state index in [9.17, 15) is 24.3 Å². The summed E-state index contributed by atoms with van der Waals surface area (Å²) in [6.45, 7) is -0.695. The normalized spacial score (nSPS) is 22.6. The van der Waals surface area contributed by atoms with Crippen molar-refractivity contribution in [3.8, 4) is 5.88 Å². The molecule has 2 fully saturated rings. The predicted octanol–water partition coefficient (Wildman–Crippen LogP) is 1.17. The van der Waals surface area contributed by atoms with Crippen LogP contribution in [0.1, 0.15) is 80.2 Å². The molecule has 0 saturated heterocycles. The minimum Gasteiger partial charge on any atom is -0.494 e. The highest BCUT2D eigenvalue weighted by molar-refractivity contribution is 5.97. The number of hydrogen-bond acceptors (Lipinski definition) is 6. The zero-order valence-electron chi connectivity index (χ0n) is 17.1. The number of carboxylic acids is 1. The van der Waals surface area contributed by atoms with Crippen molar-refractivity contribution >= 4 is 11.9 Å². The van der Waals surface area contributed by atoms with E-state index in [0.717, 1.165) is 28.4 Å². The molecule has 1 heterocycles. The van der Waals surface area contributed by atoms with Crippen molar-refractivity contribution in [2.75, 3.05) is 13.7 Å². The molecule has 10 nitrogen and oxygen atoms in total. The smallest absolute Gasteiger partial charge is 0.334 e. The SMILES string of the molecule is COC1CCC(n2c(O)c(C(=O)NCC(=O)O)c(=O)n(C3CCCCC3)c2=O)CC1. The molecule has 0 bridgehead atoms. The van der Waals surface area contributed by atoms with Gasteiger partial charge < -0.3 is 20.3 Å². The number of carbonyl (C=O) groups is 2. The van der Waals surface area contributed by atoms with Crippen LogP contribution in [0.4, 0.5) is 0 Å². The largest absolute Gasteiger partial charge is 0.494 e. The molecule has 0 atom stereocenters. The van der Waals surface area contributed by atoms with Crippen molar-refractivity contribution in [1.29, 1.82) is 0 Å². The quantitative estimate of drug-likeness (QED) is 0.624. The van der Waals surface area contributed by atoms with Gasteiger partial charge in [0.1, 0.15) is 6.54 Å². The second kappa shape index (κ2) is 9.46. The van der Waals surface area contributed by atoms with Gasteiger partial charge in [-0.25, -0.2) is 4.79 Å². The van der Waals surface area contributed by atoms with E-state index in [4.69, 9.17) is 9.84 Å². The number of carboxylic acid groups (broad SMARTS) is 1. The van der Waals surface area contributed by atoms with Crippen molar-refractivity contribution in [3.63, 3.8) is 0 Å². The molecule has 1 amide bonds. The van der Waals surface area contributed by atoms with Crippen molar-refractivity contribution in [3.05, 3.63) is 26.4 Å². The third-order valence-electron chi connectivity index (χ3n) is 6.21. The van der Waals surface area contributed by atoms with Gasteiger partial charge in [-0.2, -0.15) is 0 Å². The first kappa shape index (κ1) is 22.1. The molecular weight excluding hydrogens is 394 g/mol. The van der Waals surface area contributed by atoms with Gasteiger partial charge in [-0.3, -0.25) is 23.5 Å². The molecule has 0 unspecified atom stereocenters. The van der Waals surface area contributed by atoms with Crippen LogP contribution in [0.3, 0.4) is 0 Å². The fourth-order valence-electron chi connectivity index (χ4n) is 4.60. The molecule has 2 aliphatic carbocycles. The fraction of sp³-hybridized carbons (Fsp3) is 0.700. The lowest BCUT2D eigenvalue weighted by atomic mass is 9.92. The lowest BCUT2D eigenvalue weighted by molar-refractivity contribution is -0.135. The summed E-state index contributed by atoms with van der Waals surface area (Å²) in [7, 11) is 1.63. The second-order valence-corrected chi connectivity index (χ2v) is 8.06. The molecule has 3 N–H and O–H groups in total. The molecule has 0 radical (unpaired) electrons. The van der Waals surface area contributed by atoms with Crippen molar-refractivity contribution in [2.45, 2.75) is 76.0 Å². The van der Waals surface area contributed by atoms with Gasteiger partial charge in [0.05, 0.1) is 6.10 Å². The first-order chi connectivity index (χ1) is 14.3. The Labute approximate surface area is 173 Å². The molecule has 0 aliphatic heterocycles. The monoisotopic (exact) mass is 423 g/mol. The summed E-state index contributed by atoms with van der Waals surface area (Å²) in [5.74, 6) is -2.97. The maximum Gasteiger partial charge on any atom is 0.334 e. The summed E-state index contributed by atoms with van der Waals surface area (Å²) in [5, 5.41) is 21.8. The Balaban J connectivity index is 2.09. The molecule has 30 heavy (non-hydrogen) atoms. The van der Waals surface area contributed by atoms with Gasteiger partial charge in [0.15, 0.2) is 5.56 Å². The first-order valence-corrected chi connectivity index (χ1v) is 10.5. The number of ether oxygens (including phenoxy) is 1. The standard InChI is InChI=1S/C20H29N3O7/c1-30-14-9-7-13(8-10-14)23-19(28)16(17(26)21-11-15(24)25)18(27)22(20(23)29)12-5-3-2-4-6-12/h12-14,28H,2-11H2,1H3,(H,21,26)(H,24,25). The number of nitrogens with one attached hydrogen (secondary N) is 1. The Hall–Kier alpha value is -2.62. The number of methoxy groups -OCH3 is 1. The molecule has 1 aromatic heterocycles. The Morgan fingerprint density at radius 1 is 1.00 bits per heavy atom. The van der Waals surface area contributed by atoms with E-state index in [1.54, 1.807) is 7.11 Å². The van der Waals surface area contributed by atoms with Crippen LogP contribution in [0.2, 0.25) is 0 Å². The molecule has 2 aliphatic rings. The van der Waals surface area contributed by atoms with Crippen molar-refractivity contribution in [1.82, 2.24) is 14.5 Å². The second-order valence-electron chi connectivity index (χ2n) is 8.06. The van der Waals surface area contributed by atoms with E-state index < -0.39 is 41.1 Å². The molecule has 0 spiro atoms. The summed E-state index contributed by atoms with van der Waals surface area (Å²) in [6.07, 6.45) is 6.63. The van der Waals surface area contributed by atoms with Gasteiger partial charge in [-0.15, -0.1) is 0 Å². The molecule has 0 aromatic carbocycles. The number of aliphatic carboxylic acids is 1. The van der Waals surface area contributed by atoms with Crippen LogP contribution >= 0.6 is 0 Å². The van der Waals surface area contributed by atoms with Gasteiger partial charge in [0.25, 0.3) is 11.5 Å². The van der Waals surface area contributed by atoms with Crippen LogP contribution in [0.25, 0.3) is 0 Å². The van der Waals surface area contributed by atoms with E-state index in [1.807, 2.05) is 0 Å². The Morgan fingerprint density at radius 2 is 1.60 bits per heavy atom.